The molecule has 0 radical (unpaired) electrons. The Hall–Kier alpha value is -1.94. The van der Waals surface area contributed by atoms with E-state index in [1.807, 2.05) is 0 Å². The van der Waals surface area contributed by atoms with Gasteiger partial charge in [-0.2, -0.15) is 0 Å². The largest absolute Gasteiger partial charge is 0.472 e. The summed E-state index contributed by atoms with van der Waals surface area (Å²) in [5.74, 6) is -0.458. The lowest BCUT2D eigenvalue weighted by Gasteiger charge is -2.21. The molecular formula is C76H148O17P2. The van der Waals surface area contributed by atoms with E-state index < -0.39 is 97.5 Å². The highest BCUT2D eigenvalue weighted by atomic mass is 31.2. The summed E-state index contributed by atoms with van der Waals surface area (Å²) in [4.78, 5) is 72.6. The van der Waals surface area contributed by atoms with Gasteiger partial charge < -0.3 is 33.8 Å². The highest BCUT2D eigenvalue weighted by Gasteiger charge is 2.30. The number of carbonyl (C=O) groups excluding carboxylic acids is 4. The van der Waals surface area contributed by atoms with Crippen molar-refractivity contribution in [2.24, 2.45) is 11.8 Å². The van der Waals surface area contributed by atoms with Crippen LogP contribution < -0.4 is 0 Å². The molecule has 0 aromatic carbocycles. The summed E-state index contributed by atoms with van der Waals surface area (Å²) >= 11 is 0. The average molecular weight is 1400 g/mol. The van der Waals surface area contributed by atoms with Crippen LogP contribution in [0.1, 0.15) is 395 Å². The minimum absolute atomic E-state index is 0.106. The fraction of sp³-hybridized carbons (Fsp3) is 0.947. The van der Waals surface area contributed by atoms with Gasteiger partial charge in [0.2, 0.25) is 0 Å². The Morgan fingerprint density at radius 2 is 0.537 bits per heavy atom. The van der Waals surface area contributed by atoms with Crippen LogP contribution in [0.5, 0.6) is 0 Å². The second-order valence-corrected chi connectivity index (χ2v) is 31.0. The summed E-state index contributed by atoms with van der Waals surface area (Å²) < 4.78 is 68.4. The number of esters is 4. The van der Waals surface area contributed by atoms with E-state index in [1.165, 1.54) is 205 Å². The van der Waals surface area contributed by atoms with E-state index in [9.17, 15) is 43.2 Å². The fourth-order valence-corrected chi connectivity index (χ4v) is 13.2. The quantitative estimate of drug-likeness (QED) is 0.0222. The summed E-state index contributed by atoms with van der Waals surface area (Å²) in [6.45, 7) is 9.63. The number of carbonyl (C=O) groups is 4. The lowest BCUT2D eigenvalue weighted by atomic mass is 9.99. The van der Waals surface area contributed by atoms with E-state index in [1.54, 1.807) is 0 Å². The van der Waals surface area contributed by atoms with Crippen LogP contribution in [0.25, 0.3) is 0 Å². The number of phosphoric acid groups is 2. The van der Waals surface area contributed by atoms with Crippen LogP contribution in [0.2, 0.25) is 0 Å². The second kappa shape index (κ2) is 67.9. The van der Waals surface area contributed by atoms with Crippen molar-refractivity contribution in [1.82, 2.24) is 0 Å². The van der Waals surface area contributed by atoms with Crippen LogP contribution in [0, 0.1) is 11.8 Å². The number of ether oxygens (including phenoxy) is 4. The summed E-state index contributed by atoms with van der Waals surface area (Å²) in [6.07, 6.45) is 55.6. The highest BCUT2D eigenvalue weighted by Crippen LogP contribution is 2.45. The molecule has 19 heteroatoms. The zero-order chi connectivity index (χ0) is 70.0. The molecule has 0 aliphatic rings. The Bertz CT molecular complexity index is 1840. The van der Waals surface area contributed by atoms with Crippen LogP contribution in [0.3, 0.4) is 0 Å². The van der Waals surface area contributed by atoms with Crippen molar-refractivity contribution in [3.63, 3.8) is 0 Å². The monoisotopic (exact) mass is 1400 g/mol. The minimum atomic E-state index is -4.96. The molecule has 0 saturated carbocycles. The van der Waals surface area contributed by atoms with E-state index in [2.05, 4.69) is 41.5 Å². The van der Waals surface area contributed by atoms with Gasteiger partial charge in [-0.3, -0.25) is 37.3 Å². The molecule has 0 aromatic rings. The molecule has 0 heterocycles. The third kappa shape index (κ3) is 69.0. The number of hydrogen-bond donors (Lipinski definition) is 3. The number of hydrogen-bond acceptors (Lipinski definition) is 15. The lowest BCUT2D eigenvalue weighted by Crippen LogP contribution is -2.30. The van der Waals surface area contributed by atoms with Crippen LogP contribution in [0.15, 0.2) is 0 Å². The predicted octanol–water partition coefficient (Wildman–Crippen LogP) is 22.3. The molecule has 564 valence electrons. The van der Waals surface area contributed by atoms with Gasteiger partial charge in [0.15, 0.2) is 12.2 Å². The van der Waals surface area contributed by atoms with Crippen molar-refractivity contribution in [2.75, 3.05) is 39.6 Å². The van der Waals surface area contributed by atoms with Crippen molar-refractivity contribution in [3.8, 4) is 0 Å². The number of rotatable bonds is 75. The molecule has 0 bridgehead atoms. The normalized spacial score (nSPS) is 14.3. The van der Waals surface area contributed by atoms with Crippen molar-refractivity contribution in [2.45, 2.75) is 413 Å². The standard InChI is InChI=1S/C76H148O17P2/c1-7-10-12-14-16-33-42-48-54-60-75(80)92-71(64-86-73(78)58-52-46-40-17-15-13-11-8-2)66-90-94(82,83)88-62-70(77)63-89-95(84,85)91-67-72(65-87-74(79)59-53-47-41-36-31-28-24-25-29-34-38-44-50-56-68(4)5)93-76(81)61-55-49-43-37-32-27-23-21-19-18-20-22-26-30-35-39-45-51-57-69(6)9-3/h68-72,77H,7-67H2,1-6H3,(H,82,83)(H,84,85)/t69?,70-,71+,72+/m0/s1. The molecule has 0 rings (SSSR count). The first kappa shape index (κ1) is 93.1. The molecule has 0 aliphatic carbocycles. The number of phosphoric ester groups is 2. The van der Waals surface area contributed by atoms with Gasteiger partial charge in [0.05, 0.1) is 26.4 Å². The van der Waals surface area contributed by atoms with E-state index in [0.29, 0.717) is 25.7 Å². The zero-order valence-corrected chi connectivity index (χ0v) is 63.8. The number of unbranched alkanes of at least 4 members (excludes halogenated alkanes) is 44. The van der Waals surface area contributed by atoms with E-state index in [4.69, 9.17) is 37.0 Å². The van der Waals surface area contributed by atoms with Crippen LogP contribution >= 0.6 is 15.6 Å². The SMILES string of the molecule is CCCCCCCCCCCC(=O)O[C@H](COC(=O)CCCCCCCCCC)COP(=O)(O)OC[C@H](O)COP(=O)(O)OC[C@@H](COC(=O)CCCCCCCCCCCCCCCC(C)C)OC(=O)CCCCCCCCCCCCCCCCCCCCC(C)CC. The molecule has 3 N–H and O–H groups in total. The first-order chi connectivity index (χ1) is 45.9. The fourth-order valence-electron chi connectivity index (χ4n) is 11.6. The molecule has 0 spiro atoms. The van der Waals surface area contributed by atoms with Crippen molar-refractivity contribution in [1.29, 1.82) is 0 Å². The summed E-state index contributed by atoms with van der Waals surface area (Å²) in [6, 6.07) is 0. The highest BCUT2D eigenvalue weighted by molar-refractivity contribution is 7.47. The molecule has 0 aromatic heterocycles. The maximum absolute atomic E-state index is 13.1. The van der Waals surface area contributed by atoms with Crippen molar-refractivity contribution >= 4 is 39.5 Å². The van der Waals surface area contributed by atoms with Gasteiger partial charge in [0.1, 0.15) is 19.3 Å². The third-order valence-corrected chi connectivity index (χ3v) is 20.0. The summed E-state index contributed by atoms with van der Waals surface area (Å²) in [5.41, 5.74) is 0. The Labute approximate surface area is 581 Å². The van der Waals surface area contributed by atoms with Gasteiger partial charge in [-0.1, -0.05) is 343 Å². The van der Waals surface area contributed by atoms with Gasteiger partial charge in [-0.25, -0.2) is 9.13 Å². The predicted molar refractivity (Wildman–Crippen MR) is 386 cm³/mol. The van der Waals surface area contributed by atoms with Crippen molar-refractivity contribution < 1.29 is 80.2 Å². The van der Waals surface area contributed by atoms with Gasteiger partial charge in [0, 0.05) is 25.7 Å². The zero-order valence-electron chi connectivity index (χ0n) is 62.0. The number of aliphatic hydroxyl groups is 1. The molecular weight excluding hydrogens is 1250 g/mol. The first-order valence-electron chi connectivity index (χ1n) is 39.5. The minimum Gasteiger partial charge on any atom is -0.462 e. The van der Waals surface area contributed by atoms with Gasteiger partial charge in [-0.15, -0.1) is 0 Å². The van der Waals surface area contributed by atoms with Crippen LogP contribution in [-0.2, 0) is 65.4 Å². The Morgan fingerprint density at radius 1 is 0.305 bits per heavy atom. The molecule has 0 aliphatic heterocycles. The van der Waals surface area contributed by atoms with E-state index >= 15 is 0 Å². The summed E-state index contributed by atoms with van der Waals surface area (Å²) in [5, 5.41) is 10.6. The first-order valence-corrected chi connectivity index (χ1v) is 42.5. The molecule has 3 unspecified atom stereocenters. The topological polar surface area (TPSA) is 237 Å². The van der Waals surface area contributed by atoms with Gasteiger partial charge >= 0.3 is 39.5 Å². The Kier molecular flexibility index (Phi) is 66.5. The molecule has 0 amide bonds. The molecule has 0 fully saturated rings. The molecule has 6 atom stereocenters. The average Bonchev–Trinajstić information content (AvgIpc) is 1.75. The Morgan fingerprint density at radius 3 is 0.800 bits per heavy atom. The smallest absolute Gasteiger partial charge is 0.462 e. The summed E-state index contributed by atoms with van der Waals surface area (Å²) in [7, 11) is -9.90. The van der Waals surface area contributed by atoms with E-state index in [0.717, 1.165) is 108 Å². The maximum atomic E-state index is 13.1. The van der Waals surface area contributed by atoms with Gasteiger partial charge in [0.25, 0.3) is 0 Å². The molecule has 17 nitrogen and oxygen atoms in total. The maximum Gasteiger partial charge on any atom is 0.472 e. The Balaban J connectivity index is 5.15. The molecule has 0 saturated heterocycles. The van der Waals surface area contributed by atoms with Crippen LogP contribution in [0.4, 0.5) is 0 Å². The van der Waals surface area contributed by atoms with E-state index in [-0.39, 0.29) is 25.7 Å². The van der Waals surface area contributed by atoms with Crippen molar-refractivity contribution in [3.05, 3.63) is 0 Å². The molecule has 95 heavy (non-hydrogen) atoms. The second-order valence-electron chi connectivity index (χ2n) is 28.1. The number of aliphatic hydroxyl groups excluding tert-OH is 1. The third-order valence-electron chi connectivity index (χ3n) is 18.1. The van der Waals surface area contributed by atoms with Gasteiger partial charge in [-0.05, 0) is 37.5 Å². The lowest BCUT2D eigenvalue weighted by molar-refractivity contribution is -0.161. The van der Waals surface area contributed by atoms with Crippen LogP contribution in [-0.4, -0.2) is 96.7 Å².